The fourth-order valence-corrected chi connectivity index (χ4v) is 1.66. The van der Waals surface area contributed by atoms with Crippen LogP contribution in [0.1, 0.15) is 13.8 Å². The fraction of sp³-hybridized carbons (Fsp3) is 0.556. The molecular weight excluding hydrogens is 173 g/mol. The minimum absolute atomic E-state index is 0.357. The molecule has 0 amide bonds. The Morgan fingerprint density at radius 2 is 2.23 bits per heavy atom. The summed E-state index contributed by atoms with van der Waals surface area (Å²) in [5, 5.41) is 16.9. The van der Waals surface area contributed by atoms with Crippen LogP contribution in [0.4, 0.5) is 4.39 Å². The second-order valence-electron chi connectivity index (χ2n) is 3.79. The quantitative estimate of drug-likeness (QED) is 0.663. The number of carbonyl (C=O) groups is 1. The number of allylic oxidation sites excluding steroid dienone is 2. The van der Waals surface area contributed by atoms with Crippen molar-refractivity contribution in [3.05, 3.63) is 11.9 Å². The normalized spacial score (nSPS) is 30.8. The molecule has 0 aliphatic heterocycles. The highest BCUT2D eigenvalue weighted by atomic mass is 19.1. The van der Waals surface area contributed by atoms with E-state index in [0.29, 0.717) is 0 Å². The van der Waals surface area contributed by atoms with Crippen molar-refractivity contribution in [2.45, 2.75) is 13.8 Å². The zero-order chi connectivity index (χ0) is 10.2. The lowest BCUT2D eigenvalue weighted by atomic mass is 10.1. The highest BCUT2D eigenvalue weighted by Crippen LogP contribution is 2.59. The van der Waals surface area contributed by atoms with Crippen molar-refractivity contribution in [1.29, 1.82) is 5.26 Å². The molecule has 0 bridgehead atoms. The minimum atomic E-state index is -0.933. The van der Waals surface area contributed by atoms with Gasteiger partial charge in [0.15, 0.2) is 5.83 Å². The topological polar surface area (TPSA) is 61.1 Å². The summed E-state index contributed by atoms with van der Waals surface area (Å²) >= 11 is 0. The van der Waals surface area contributed by atoms with Gasteiger partial charge in [0.1, 0.15) is 6.07 Å². The molecule has 2 atom stereocenters. The van der Waals surface area contributed by atoms with Crippen molar-refractivity contribution >= 4 is 5.97 Å². The van der Waals surface area contributed by atoms with Crippen LogP contribution in [0.15, 0.2) is 11.9 Å². The van der Waals surface area contributed by atoms with Crippen LogP contribution in [0.3, 0.4) is 0 Å². The highest BCUT2D eigenvalue weighted by Gasteiger charge is 2.61. The molecule has 1 fully saturated rings. The lowest BCUT2D eigenvalue weighted by Gasteiger charge is -1.95. The molecular formula is C9H10FNO2. The maximum absolute atomic E-state index is 12.5. The van der Waals surface area contributed by atoms with Crippen LogP contribution in [0, 0.1) is 28.6 Å². The van der Waals surface area contributed by atoms with E-state index in [4.69, 9.17) is 10.4 Å². The Morgan fingerprint density at radius 1 is 1.69 bits per heavy atom. The summed E-state index contributed by atoms with van der Waals surface area (Å²) in [5.41, 5.74) is -0.431. The van der Waals surface area contributed by atoms with Crippen molar-refractivity contribution in [3.8, 4) is 6.07 Å². The van der Waals surface area contributed by atoms with Gasteiger partial charge in [-0.05, 0) is 11.5 Å². The first kappa shape index (κ1) is 9.72. The van der Waals surface area contributed by atoms with E-state index < -0.39 is 23.1 Å². The van der Waals surface area contributed by atoms with E-state index in [1.54, 1.807) is 13.8 Å². The lowest BCUT2D eigenvalue weighted by Crippen LogP contribution is -2.02. The number of carboxylic acids is 1. The summed E-state index contributed by atoms with van der Waals surface area (Å²) in [4.78, 5) is 10.6. The molecule has 0 aromatic rings. The van der Waals surface area contributed by atoms with Crippen molar-refractivity contribution < 1.29 is 14.3 Å². The molecule has 0 heterocycles. The van der Waals surface area contributed by atoms with Gasteiger partial charge in [-0.2, -0.15) is 9.65 Å². The van der Waals surface area contributed by atoms with Gasteiger partial charge in [-0.25, -0.2) is 0 Å². The minimum Gasteiger partial charge on any atom is -0.481 e. The molecule has 1 rings (SSSR count). The standard InChI is InChI=1S/C9H10FNO2/c1-9(2)6(3-5(10)4-11)7(9)8(12)13/h3,6-7H,1-2H3,(H,12,13)/b5-3+/t6-,7-/m0/s1. The van der Waals surface area contributed by atoms with E-state index in [0.717, 1.165) is 6.08 Å². The summed E-state index contributed by atoms with van der Waals surface area (Å²) < 4.78 is 12.5. The monoisotopic (exact) mass is 183 g/mol. The van der Waals surface area contributed by atoms with Crippen LogP contribution in [-0.4, -0.2) is 11.1 Å². The summed E-state index contributed by atoms with van der Waals surface area (Å²) in [5.74, 6) is -2.75. The zero-order valence-electron chi connectivity index (χ0n) is 7.41. The number of nitriles is 1. The van der Waals surface area contributed by atoms with Gasteiger partial charge in [-0.1, -0.05) is 13.8 Å². The van der Waals surface area contributed by atoms with Crippen LogP contribution in [-0.2, 0) is 4.79 Å². The summed E-state index contributed by atoms with van der Waals surface area (Å²) in [6, 6.07) is 1.34. The Bertz CT molecular complexity index is 314. The molecule has 3 nitrogen and oxygen atoms in total. The van der Waals surface area contributed by atoms with Crippen LogP contribution in [0.2, 0.25) is 0 Å². The van der Waals surface area contributed by atoms with Crippen LogP contribution in [0.25, 0.3) is 0 Å². The first-order valence-corrected chi connectivity index (χ1v) is 3.91. The number of halogens is 1. The Labute approximate surface area is 75.5 Å². The SMILES string of the molecule is CC1(C)[C@H](C(=O)O)[C@@H]1/C=C(/F)C#N. The van der Waals surface area contributed by atoms with Crippen LogP contribution in [0.5, 0.6) is 0 Å². The third-order valence-corrected chi connectivity index (χ3v) is 2.61. The fourth-order valence-electron chi connectivity index (χ4n) is 1.66. The molecule has 1 saturated carbocycles. The Hall–Kier alpha value is -1.37. The Kier molecular flexibility index (Phi) is 2.12. The van der Waals surface area contributed by atoms with Crippen LogP contribution >= 0.6 is 0 Å². The maximum atomic E-state index is 12.5. The van der Waals surface area contributed by atoms with Gasteiger partial charge < -0.3 is 5.11 Å². The molecule has 0 spiro atoms. The van der Waals surface area contributed by atoms with Crippen molar-refractivity contribution in [3.63, 3.8) is 0 Å². The molecule has 1 aliphatic rings. The number of carboxylic acid groups (broad SMARTS) is 1. The summed E-state index contributed by atoms with van der Waals surface area (Å²) in [6.07, 6.45) is 1.10. The average molecular weight is 183 g/mol. The van der Waals surface area contributed by atoms with E-state index >= 15 is 0 Å². The molecule has 1 aliphatic carbocycles. The van der Waals surface area contributed by atoms with E-state index in [1.807, 2.05) is 0 Å². The number of hydrogen-bond donors (Lipinski definition) is 1. The second kappa shape index (κ2) is 2.84. The largest absolute Gasteiger partial charge is 0.481 e. The molecule has 0 saturated heterocycles. The maximum Gasteiger partial charge on any atom is 0.307 e. The number of nitrogens with zero attached hydrogens (tertiary/aromatic N) is 1. The van der Waals surface area contributed by atoms with Gasteiger partial charge in [0.25, 0.3) is 0 Å². The molecule has 4 heteroatoms. The van der Waals surface area contributed by atoms with Gasteiger partial charge in [0, 0.05) is 5.92 Å². The van der Waals surface area contributed by atoms with Crippen molar-refractivity contribution in [2.75, 3.05) is 0 Å². The summed E-state index contributed by atoms with van der Waals surface area (Å²) in [7, 11) is 0. The average Bonchev–Trinajstić information content (AvgIpc) is 2.53. The molecule has 70 valence electrons. The van der Waals surface area contributed by atoms with Gasteiger partial charge in [0.05, 0.1) is 5.92 Å². The van der Waals surface area contributed by atoms with Gasteiger partial charge >= 0.3 is 5.97 Å². The third-order valence-electron chi connectivity index (χ3n) is 2.61. The predicted octanol–water partition coefficient (Wildman–Crippen LogP) is 1.72. The second-order valence-corrected chi connectivity index (χ2v) is 3.79. The molecule has 13 heavy (non-hydrogen) atoms. The van der Waals surface area contributed by atoms with Crippen LogP contribution < -0.4 is 0 Å². The van der Waals surface area contributed by atoms with Crippen molar-refractivity contribution in [1.82, 2.24) is 0 Å². The van der Waals surface area contributed by atoms with Gasteiger partial charge in [-0.15, -0.1) is 0 Å². The molecule has 0 unspecified atom stereocenters. The first-order chi connectivity index (χ1) is 5.91. The summed E-state index contributed by atoms with van der Waals surface area (Å²) in [6.45, 7) is 3.50. The van der Waals surface area contributed by atoms with Gasteiger partial charge in [-0.3, -0.25) is 4.79 Å². The molecule has 0 aromatic heterocycles. The van der Waals surface area contributed by atoms with E-state index in [-0.39, 0.29) is 5.92 Å². The number of aliphatic carboxylic acids is 1. The number of rotatable bonds is 2. The van der Waals surface area contributed by atoms with E-state index in [2.05, 4.69) is 0 Å². The first-order valence-electron chi connectivity index (χ1n) is 3.91. The smallest absolute Gasteiger partial charge is 0.307 e. The lowest BCUT2D eigenvalue weighted by molar-refractivity contribution is -0.139. The number of hydrogen-bond acceptors (Lipinski definition) is 2. The Balaban J connectivity index is 2.79. The molecule has 1 N–H and O–H groups in total. The van der Waals surface area contributed by atoms with E-state index in [9.17, 15) is 9.18 Å². The van der Waals surface area contributed by atoms with Gasteiger partial charge in [0.2, 0.25) is 0 Å². The van der Waals surface area contributed by atoms with Crippen molar-refractivity contribution in [2.24, 2.45) is 17.3 Å². The third kappa shape index (κ3) is 1.55. The Morgan fingerprint density at radius 3 is 2.54 bits per heavy atom. The van der Waals surface area contributed by atoms with E-state index in [1.165, 1.54) is 6.07 Å². The highest BCUT2D eigenvalue weighted by molar-refractivity contribution is 5.76. The zero-order valence-corrected chi connectivity index (χ0v) is 7.41. The molecule has 0 radical (unpaired) electrons. The molecule has 0 aromatic carbocycles. The predicted molar refractivity (Wildman–Crippen MR) is 43.2 cm³/mol.